The van der Waals surface area contributed by atoms with E-state index in [9.17, 15) is 4.79 Å². The second-order valence-corrected chi connectivity index (χ2v) is 7.66. The maximum absolute atomic E-state index is 12.5. The van der Waals surface area contributed by atoms with Crippen molar-refractivity contribution in [1.82, 2.24) is 0 Å². The zero-order valence-electron chi connectivity index (χ0n) is 14.1. The minimum Gasteiger partial charge on any atom is -0.305 e. The lowest BCUT2D eigenvalue weighted by atomic mass is 10.0. The van der Waals surface area contributed by atoms with Gasteiger partial charge in [0.15, 0.2) is 5.78 Å². The fourth-order valence-corrected chi connectivity index (χ4v) is 4.13. The van der Waals surface area contributed by atoms with E-state index in [0.717, 1.165) is 16.5 Å². The summed E-state index contributed by atoms with van der Waals surface area (Å²) in [6.07, 6.45) is 7.37. The summed E-state index contributed by atoms with van der Waals surface area (Å²) in [5.41, 5.74) is 6.10. The molecule has 0 atom stereocenters. The van der Waals surface area contributed by atoms with Gasteiger partial charge in [-0.25, -0.2) is 0 Å². The Kier molecular flexibility index (Phi) is 4.69. The molecule has 0 amide bonds. The average molecular weight is 395 g/mol. The molecular weight excluding hydrogens is 374 g/mol. The van der Waals surface area contributed by atoms with Gasteiger partial charge in [-0.05, 0) is 47.5 Å². The Labute approximate surface area is 157 Å². The number of halogens is 1. The highest BCUT2D eigenvalue weighted by Gasteiger charge is 2.29. The minimum absolute atomic E-state index is 0.0557. The van der Waals surface area contributed by atoms with Gasteiger partial charge in [0.05, 0.1) is 13.1 Å². The molecule has 1 N–H and O–H groups in total. The molecule has 0 unspecified atom stereocenters. The van der Waals surface area contributed by atoms with Crippen LogP contribution in [0.3, 0.4) is 0 Å². The van der Waals surface area contributed by atoms with Gasteiger partial charge < -0.3 is 4.90 Å². The van der Waals surface area contributed by atoms with E-state index in [4.69, 9.17) is 0 Å². The third kappa shape index (κ3) is 3.39. The number of carbonyl (C=O) groups excluding carboxylic acids is 1. The van der Waals surface area contributed by atoms with Crippen molar-refractivity contribution in [1.29, 1.82) is 0 Å². The van der Waals surface area contributed by atoms with Crippen LogP contribution in [-0.2, 0) is 6.42 Å². The molecule has 126 valence electrons. The smallest absolute Gasteiger partial charge is 0.185 e. The van der Waals surface area contributed by atoms with Gasteiger partial charge in [-0.2, -0.15) is 0 Å². The molecule has 1 aliphatic carbocycles. The second kappa shape index (κ2) is 7.11. The molecule has 4 rings (SSSR count). The molecule has 2 aromatic carbocycles. The van der Waals surface area contributed by atoms with E-state index in [1.54, 1.807) is 11.0 Å². The van der Waals surface area contributed by atoms with Crippen LogP contribution in [0.4, 0.5) is 0 Å². The fraction of sp³-hybridized carbons (Fsp3) is 0.227. The van der Waals surface area contributed by atoms with Crippen LogP contribution >= 0.6 is 15.9 Å². The maximum Gasteiger partial charge on any atom is 0.185 e. The molecule has 0 spiro atoms. The highest BCUT2D eigenvalue weighted by Crippen LogP contribution is 2.31. The van der Waals surface area contributed by atoms with Gasteiger partial charge in [-0.3, -0.25) is 4.79 Å². The number of benzene rings is 2. The van der Waals surface area contributed by atoms with Crippen LogP contribution in [0.1, 0.15) is 34.3 Å². The molecule has 1 heterocycles. The molecule has 25 heavy (non-hydrogen) atoms. The SMILES string of the molecule is O=C(/C=C/C1=C([NH+]2CCCC2)Cc2ccccc21)c1ccc(Br)cc1. The maximum atomic E-state index is 12.5. The van der Waals surface area contributed by atoms with Gasteiger partial charge in [0.25, 0.3) is 0 Å². The van der Waals surface area contributed by atoms with Crippen molar-refractivity contribution in [3.63, 3.8) is 0 Å². The Balaban J connectivity index is 1.66. The van der Waals surface area contributed by atoms with Crippen molar-refractivity contribution < 1.29 is 9.69 Å². The molecule has 1 fully saturated rings. The first-order valence-electron chi connectivity index (χ1n) is 8.87. The molecule has 1 saturated heterocycles. The number of hydrogen-bond acceptors (Lipinski definition) is 1. The number of fused-ring (bicyclic) bond motifs is 1. The molecule has 2 aromatic rings. The highest BCUT2D eigenvalue weighted by molar-refractivity contribution is 9.10. The second-order valence-electron chi connectivity index (χ2n) is 6.74. The predicted molar refractivity (Wildman–Crippen MR) is 105 cm³/mol. The van der Waals surface area contributed by atoms with Crippen LogP contribution < -0.4 is 4.90 Å². The van der Waals surface area contributed by atoms with Crippen molar-refractivity contribution in [3.8, 4) is 0 Å². The first-order chi connectivity index (χ1) is 12.2. The standard InChI is InChI=1S/C22H20BrNO/c23-18-9-7-16(8-10-18)22(25)12-11-20-19-6-2-1-5-17(19)15-21(20)24-13-3-4-14-24/h1-2,5-12H,3-4,13-15H2/p+1/b12-11+. The zero-order valence-corrected chi connectivity index (χ0v) is 15.7. The minimum atomic E-state index is 0.0557. The Morgan fingerprint density at radius 1 is 1.00 bits per heavy atom. The van der Waals surface area contributed by atoms with Crippen molar-refractivity contribution in [2.24, 2.45) is 0 Å². The Bertz CT molecular complexity index is 858. The monoisotopic (exact) mass is 394 g/mol. The van der Waals surface area contributed by atoms with E-state index in [0.29, 0.717) is 0 Å². The van der Waals surface area contributed by atoms with Gasteiger partial charge in [-0.1, -0.05) is 40.2 Å². The first kappa shape index (κ1) is 16.5. The third-order valence-electron chi connectivity index (χ3n) is 5.16. The molecule has 0 bridgehead atoms. The lowest BCUT2D eigenvalue weighted by molar-refractivity contribution is -0.847. The van der Waals surface area contributed by atoms with Gasteiger partial charge in [0.1, 0.15) is 5.70 Å². The van der Waals surface area contributed by atoms with Crippen LogP contribution in [-0.4, -0.2) is 18.9 Å². The van der Waals surface area contributed by atoms with E-state index in [1.807, 2.05) is 30.3 Å². The molecule has 2 aliphatic rings. The van der Waals surface area contributed by atoms with Crippen LogP contribution in [0.5, 0.6) is 0 Å². The molecule has 2 nitrogen and oxygen atoms in total. The Hall–Kier alpha value is -1.97. The van der Waals surface area contributed by atoms with E-state index >= 15 is 0 Å². The lowest BCUT2D eigenvalue weighted by Crippen LogP contribution is -3.08. The van der Waals surface area contributed by atoms with Gasteiger partial charge >= 0.3 is 0 Å². The molecule has 0 saturated carbocycles. The van der Waals surface area contributed by atoms with E-state index in [1.165, 1.54) is 48.3 Å². The van der Waals surface area contributed by atoms with E-state index in [2.05, 4.69) is 40.2 Å². The summed E-state index contributed by atoms with van der Waals surface area (Å²) >= 11 is 3.41. The normalized spacial score (nSPS) is 17.5. The van der Waals surface area contributed by atoms with Crippen molar-refractivity contribution in [2.75, 3.05) is 13.1 Å². The summed E-state index contributed by atoms with van der Waals surface area (Å²) in [4.78, 5) is 14.1. The molecule has 0 aromatic heterocycles. The quantitative estimate of drug-likeness (QED) is 0.617. The molecular formula is C22H21BrNO+. The van der Waals surface area contributed by atoms with E-state index < -0.39 is 0 Å². The Morgan fingerprint density at radius 3 is 2.48 bits per heavy atom. The van der Waals surface area contributed by atoms with Gasteiger partial charge in [-0.15, -0.1) is 0 Å². The van der Waals surface area contributed by atoms with Crippen molar-refractivity contribution in [2.45, 2.75) is 19.3 Å². The summed E-state index contributed by atoms with van der Waals surface area (Å²) in [7, 11) is 0. The summed E-state index contributed by atoms with van der Waals surface area (Å²) < 4.78 is 0.986. The number of rotatable bonds is 4. The lowest BCUT2D eigenvalue weighted by Gasteiger charge is -2.14. The molecule has 1 aliphatic heterocycles. The van der Waals surface area contributed by atoms with Crippen molar-refractivity contribution >= 4 is 27.3 Å². The number of quaternary nitrogens is 1. The summed E-state index contributed by atoms with van der Waals surface area (Å²) in [5, 5.41) is 0. The predicted octanol–water partition coefficient (Wildman–Crippen LogP) is 3.83. The van der Waals surface area contributed by atoms with Gasteiger partial charge in [0.2, 0.25) is 0 Å². The fourth-order valence-electron chi connectivity index (χ4n) is 3.86. The van der Waals surface area contributed by atoms with Gasteiger partial charge in [0, 0.05) is 34.9 Å². The first-order valence-corrected chi connectivity index (χ1v) is 9.66. The Morgan fingerprint density at radius 2 is 1.72 bits per heavy atom. The van der Waals surface area contributed by atoms with Crippen LogP contribution in [0.25, 0.3) is 5.57 Å². The largest absolute Gasteiger partial charge is 0.305 e. The van der Waals surface area contributed by atoms with Crippen LogP contribution in [0.2, 0.25) is 0 Å². The van der Waals surface area contributed by atoms with Crippen LogP contribution in [0.15, 0.2) is 70.9 Å². The third-order valence-corrected chi connectivity index (χ3v) is 5.69. The number of allylic oxidation sites excluding steroid dienone is 4. The van der Waals surface area contributed by atoms with Crippen LogP contribution in [0, 0.1) is 0 Å². The number of likely N-dealkylation sites (tertiary alicyclic amines) is 1. The van der Waals surface area contributed by atoms with E-state index in [-0.39, 0.29) is 5.78 Å². The molecule has 0 radical (unpaired) electrons. The summed E-state index contributed by atoms with van der Waals surface area (Å²) in [6.45, 7) is 2.42. The molecule has 3 heteroatoms. The van der Waals surface area contributed by atoms with Crippen molar-refractivity contribution in [3.05, 3.63) is 87.5 Å². The topological polar surface area (TPSA) is 21.5 Å². The summed E-state index contributed by atoms with van der Waals surface area (Å²) in [5.74, 6) is 0.0557. The summed E-state index contributed by atoms with van der Waals surface area (Å²) in [6, 6.07) is 16.1. The number of nitrogens with one attached hydrogen (secondary N) is 1. The average Bonchev–Trinajstić information content (AvgIpc) is 3.28. The highest BCUT2D eigenvalue weighted by atomic mass is 79.9. The number of ketones is 1. The number of hydrogen-bond donors (Lipinski definition) is 1. The zero-order chi connectivity index (χ0) is 17.2. The number of carbonyl (C=O) groups is 1.